The van der Waals surface area contributed by atoms with Crippen molar-refractivity contribution in [2.45, 2.75) is 36.0 Å². The molecule has 0 unspecified atom stereocenters. The SMILES string of the molecule is CC(=O)c1ccc2c(c1)N(CCCN1CCC(C(=O)c3ccc(F)cc3)CC1)c1ccccc1S2.O.O=C(O)/C=C/C(=O)O. The standard InChI is InChI=1S/C29H29FN2O2S.C4H4O4.H2O/c1-20(33)23-9-12-28-26(19-23)32(25-5-2-3-6-27(25)35-28)16-4-15-31-17-13-22(14-18-31)29(34)21-7-10-24(30)11-8-21;5-3(6)1-2-4(7)8;/h2-3,5-12,19,22H,4,13-18H2,1H3;1-2H,(H,5,6)(H,7,8);1H2/b;2-1+;. The predicted octanol–water partition coefficient (Wildman–Crippen LogP) is 5.50. The van der Waals surface area contributed by atoms with Crippen LogP contribution in [-0.2, 0) is 9.59 Å². The summed E-state index contributed by atoms with van der Waals surface area (Å²) in [5.41, 5.74) is 3.64. The molecule has 0 aliphatic carbocycles. The lowest BCUT2D eigenvalue weighted by Crippen LogP contribution is -2.38. The second kappa shape index (κ2) is 15.9. The van der Waals surface area contributed by atoms with Crippen LogP contribution in [0.3, 0.4) is 0 Å². The minimum atomic E-state index is -1.26. The van der Waals surface area contributed by atoms with Crippen molar-refractivity contribution < 1.29 is 39.3 Å². The van der Waals surface area contributed by atoms with Crippen molar-refractivity contribution in [3.8, 4) is 0 Å². The van der Waals surface area contributed by atoms with Crippen LogP contribution in [0.15, 0.2) is 88.7 Å². The topological polar surface area (TPSA) is 147 Å². The zero-order valence-corrected chi connectivity index (χ0v) is 25.1. The average molecular weight is 623 g/mol. The number of piperidine rings is 1. The monoisotopic (exact) mass is 622 g/mol. The summed E-state index contributed by atoms with van der Waals surface area (Å²) in [6.45, 7) is 5.23. The Morgan fingerprint density at radius 1 is 0.841 bits per heavy atom. The van der Waals surface area contributed by atoms with Gasteiger partial charge in [-0.15, -0.1) is 0 Å². The van der Waals surface area contributed by atoms with Gasteiger partial charge in [0.2, 0.25) is 0 Å². The number of halogens is 1. The lowest BCUT2D eigenvalue weighted by atomic mass is 9.89. The van der Waals surface area contributed by atoms with Crippen molar-refractivity contribution in [2.24, 2.45) is 5.92 Å². The van der Waals surface area contributed by atoms with Gasteiger partial charge in [0.05, 0.1) is 11.4 Å². The number of benzene rings is 3. The maximum absolute atomic E-state index is 13.2. The second-order valence-corrected chi connectivity index (χ2v) is 11.4. The summed E-state index contributed by atoms with van der Waals surface area (Å²) in [7, 11) is 0. The fourth-order valence-corrected chi connectivity index (χ4v) is 6.23. The summed E-state index contributed by atoms with van der Waals surface area (Å²) in [6, 6.07) is 20.3. The number of hydrogen-bond acceptors (Lipinski definition) is 7. The number of nitrogens with zero attached hydrogens (tertiary/aromatic N) is 2. The van der Waals surface area contributed by atoms with E-state index in [1.54, 1.807) is 30.8 Å². The van der Waals surface area contributed by atoms with Crippen molar-refractivity contribution >= 4 is 46.6 Å². The molecule has 0 atom stereocenters. The molecule has 44 heavy (non-hydrogen) atoms. The van der Waals surface area contributed by atoms with Crippen molar-refractivity contribution in [3.05, 3.63) is 95.8 Å². The summed E-state index contributed by atoms with van der Waals surface area (Å²) in [4.78, 5) is 51.1. The van der Waals surface area contributed by atoms with Crippen LogP contribution in [0.4, 0.5) is 15.8 Å². The van der Waals surface area contributed by atoms with Crippen LogP contribution < -0.4 is 4.90 Å². The number of carbonyl (C=O) groups excluding carboxylic acids is 2. The molecule has 0 saturated carbocycles. The first-order valence-electron chi connectivity index (χ1n) is 14.0. The van der Waals surface area contributed by atoms with Gasteiger partial charge in [0, 0.05) is 45.5 Å². The first-order chi connectivity index (χ1) is 20.6. The minimum Gasteiger partial charge on any atom is -0.478 e. The molecule has 11 heteroatoms. The van der Waals surface area contributed by atoms with Gasteiger partial charge < -0.3 is 25.5 Å². The third-order valence-corrected chi connectivity index (χ3v) is 8.47. The predicted molar refractivity (Wildman–Crippen MR) is 167 cm³/mol. The number of Topliss-reactive ketones (excluding diaryl/α,β-unsaturated/α-hetero) is 2. The van der Waals surface area contributed by atoms with Gasteiger partial charge in [0.15, 0.2) is 11.6 Å². The summed E-state index contributed by atoms with van der Waals surface area (Å²) in [5, 5.41) is 15.6. The highest BCUT2D eigenvalue weighted by Gasteiger charge is 2.27. The molecule has 0 bridgehead atoms. The number of likely N-dealkylation sites (tertiary alicyclic amines) is 1. The number of fused-ring (bicyclic) bond motifs is 2. The molecule has 5 rings (SSSR count). The number of anilines is 2. The van der Waals surface area contributed by atoms with E-state index < -0.39 is 11.9 Å². The number of carbonyl (C=O) groups is 4. The van der Waals surface area contributed by atoms with Gasteiger partial charge in [0.25, 0.3) is 0 Å². The van der Waals surface area contributed by atoms with Crippen LogP contribution in [0.5, 0.6) is 0 Å². The molecule has 0 aromatic heterocycles. The molecule has 232 valence electrons. The molecule has 3 aromatic rings. The van der Waals surface area contributed by atoms with E-state index in [0.29, 0.717) is 17.7 Å². The van der Waals surface area contributed by atoms with Crippen LogP contribution in [-0.4, -0.2) is 70.3 Å². The van der Waals surface area contributed by atoms with Gasteiger partial charge in [-0.1, -0.05) is 30.0 Å². The summed E-state index contributed by atoms with van der Waals surface area (Å²) in [5.74, 6) is -2.61. The van der Waals surface area contributed by atoms with E-state index in [2.05, 4.69) is 40.1 Å². The minimum absolute atomic E-state index is 0. The lowest BCUT2D eigenvalue weighted by molar-refractivity contribution is -0.134. The van der Waals surface area contributed by atoms with Gasteiger partial charge >= 0.3 is 11.9 Å². The molecule has 1 saturated heterocycles. The molecule has 2 heterocycles. The Hall–Kier alpha value is -4.32. The maximum atomic E-state index is 13.2. The molecule has 0 spiro atoms. The summed E-state index contributed by atoms with van der Waals surface area (Å²) >= 11 is 1.75. The van der Waals surface area contributed by atoms with Crippen LogP contribution >= 0.6 is 11.8 Å². The van der Waals surface area contributed by atoms with Crippen molar-refractivity contribution in [1.82, 2.24) is 4.90 Å². The zero-order valence-electron chi connectivity index (χ0n) is 24.2. The Balaban J connectivity index is 0.000000521. The Bertz CT molecular complexity index is 1500. The highest BCUT2D eigenvalue weighted by atomic mass is 32.2. The Morgan fingerprint density at radius 3 is 2.05 bits per heavy atom. The van der Waals surface area contributed by atoms with Crippen LogP contribution in [0.25, 0.3) is 0 Å². The Morgan fingerprint density at radius 2 is 1.43 bits per heavy atom. The molecule has 0 amide bonds. The molecule has 0 radical (unpaired) electrons. The quantitative estimate of drug-likeness (QED) is 0.233. The van der Waals surface area contributed by atoms with Gasteiger partial charge in [-0.25, -0.2) is 14.0 Å². The first kappa shape index (κ1) is 34.2. The fraction of sp³-hybridized carbons (Fsp3) is 0.273. The van der Waals surface area contributed by atoms with Crippen LogP contribution in [0.2, 0.25) is 0 Å². The molecule has 9 nitrogen and oxygen atoms in total. The number of hydrogen-bond donors (Lipinski definition) is 2. The molecule has 1 fully saturated rings. The lowest BCUT2D eigenvalue weighted by Gasteiger charge is -2.35. The van der Waals surface area contributed by atoms with E-state index in [4.69, 9.17) is 10.2 Å². The molecule has 2 aliphatic rings. The fourth-order valence-electron chi connectivity index (χ4n) is 5.15. The number of para-hydroxylation sites is 1. The smallest absolute Gasteiger partial charge is 0.328 e. The first-order valence-corrected chi connectivity index (χ1v) is 14.8. The molecular formula is C33H35FN2O7S. The summed E-state index contributed by atoms with van der Waals surface area (Å²) < 4.78 is 13.2. The van der Waals surface area contributed by atoms with Gasteiger partial charge in [-0.3, -0.25) is 9.59 Å². The van der Waals surface area contributed by atoms with E-state index in [1.165, 1.54) is 27.6 Å². The molecule has 4 N–H and O–H groups in total. The van der Waals surface area contributed by atoms with Crippen molar-refractivity contribution in [2.75, 3.05) is 31.1 Å². The van der Waals surface area contributed by atoms with E-state index in [1.807, 2.05) is 12.1 Å². The number of aliphatic carboxylic acids is 2. The maximum Gasteiger partial charge on any atom is 0.328 e. The molecule has 3 aromatic carbocycles. The normalized spacial score (nSPS) is 14.5. The zero-order chi connectivity index (χ0) is 30.9. The van der Waals surface area contributed by atoms with Gasteiger partial charge in [-0.05, 0) is 94.4 Å². The number of carboxylic acids is 2. The van der Waals surface area contributed by atoms with Crippen LogP contribution in [0.1, 0.15) is 46.9 Å². The molecule has 2 aliphatic heterocycles. The average Bonchev–Trinajstić information content (AvgIpc) is 3.00. The van der Waals surface area contributed by atoms with E-state index >= 15 is 0 Å². The highest BCUT2D eigenvalue weighted by Crippen LogP contribution is 2.48. The van der Waals surface area contributed by atoms with Crippen molar-refractivity contribution in [1.29, 1.82) is 0 Å². The van der Waals surface area contributed by atoms with E-state index in [0.717, 1.165) is 56.7 Å². The van der Waals surface area contributed by atoms with Gasteiger partial charge in [-0.2, -0.15) is 0 Å². The number of carboxylic acid groups (broad SMARTS) is 2. The molecular weight excluding hydrogens is 587 g/mol. The Labute approximate surface area is 259 Å². The van der Waals surface area contributed by atoms with Crippen molar-refractivity contribution in [3.63, 3.8) is 0 Å². The van der Waals surface area contributed by atoms with E-state index in [-0.39, 0.29) is 28.8 Å². The van der Waals surface area contributed by atoms with Crippen LogP contribution in [0, 0.1) is 11.7 Å². The third-order valence-electron chi connectivity index (χ3n) is 7.34. The summed E-state index contributed by atoms with van der Waals surface area (Å²) in [6.07, 6.45) is 3.78. The number of rotatable bonds is 9. The second-order valence-electron chi connectivity index (χ2n) is 10.3. The third kappa shape index (κ3) is 9.09. The van der Waals surface area contributed by atoms with Gasteiger partial charge in [0.1, 0.15) is 5.82 Å². The van der Waals surface area contributed by atoms with E-state index in [9.17, 15) is 23.6 Å². The number of ketones is 2. The Kier molecular flexibility index (Phi) is 12.4. The highest BCUT2D eigenvalue weighted by molar-refractivity contribution is 7.99. The largest absolute Gasteiger partial charge is 0.478 e.